The number of benzene rings is 3. The smallest absolute Gasteiger partial charge is 0.328 e. The van der Waals surface area contributed by atoms with E-state index in [9.17, 15) is 19.2 Å². The molecule has 5 aromatic rings. The van der Waals surface area contributed by atoms with E-state index in [2.05, 4.69) is 33.6 Å². The van der Waals surface area contributed by atoms with Crippen molar-refractivity contribution in [3.05, 3.63) is 160 Å². The van der Waals surface area contributed by atoms with Gasteiger partial charge < -0.3 is 18.6 Å². The second-order valence-corrected chi connectivity index (χ2v) is 15.3. The van der Waals surface area contributed by atoms with Crippen molar-refractivity contribution in [2.75, 3.05) is 13.2 Å². The third kappa shape index (κ3) is 15.8. The van der Waals surface area contributed by atoms with E-state index in [1.165, 1.54) is 0 Å². The fourth-order valence-corrected chi connectivity index (χ4v) is 6.68. The van der Waals surface area contributed by atoms with Gasteiger partial charge in [-0.05, 0) is 112 Å². The minimum Gasteiger partial charge on any atom is -0.494 e. The molecule has 10 heteroatoms. The van der Waals surface area contributed by atoms with Crippen LogP contribution in [0.1, 0.15) is 123 Å². The lowest BCUT2D eigenvalue weighted by Crippen LogP contribution is -2.30. The number of nitrogens with one attached hydrogen (secondary N) is 2. The summed E-state index contributed by atoms with van der Waals surface area (Å²) in [5.74, 6) is 14.6. The van der Waals surface area contributed by atoms with Gasteiger partial charge >= 0.3 is 11.4 Å². The summed E-state index contributed by atoms with van der Waals surface area (Å²) in [7, 11) is 0. The number of nitrogens with zero attached hydrogens (tertiary/aromatic N) is 2. The number of aromatic nitrogens is 4. The molecule has 0 saturated carbocycles. The van der Waals surface area contributed by atoms with E-state index in [0.29, 0.717) is 37.4 Å². The molecule has 0 aliphatic carbocycles. The highest BCUT2D eigenvalue weighted by molar-refractivity contribution is 5.48. The first-order valence-corrected chi connectivity index (χ1v) is 21.4. The average Bonchev–Trinajstić information content (AvgIpc) is 3.25. The van der Waals surface area contributed by atoms with Crippen LogP contribution < -0.4 is 32.0 Å². The van der Waals surface area contributed by atoms with Crippen LogP contribution in [0.15, 0.2) is 104 Å². The van der Waals surface area contributed by atoms with Crippen molar-refractivity contribution in [3.63, 3.8) is 0 Å². The summed E-state index contributed by atoms with van der Waals surface area (Å²) in [6.45, 7) is 6.08. The molecule has 2 heterocycles. The van der Waals surface area contributed by atoms with Gasteiger partial charge in [-0.15, -0.1) is 0 Å². The molecule has 314 valence electrons. The van der Waals surface area contributed by atoms with Crippen molar-refractivity contribution in [1.29, 1.82) is 0 Å². The topological polar surface area (TPSA) is 128 Å². The quantitative estimate of drug-likeness (QED) is 0.0534. The first-order valence-electron chi connectivity index (χ1n) is 21.4. The minimum atomic E-state index is -0.331. The molecule has 0 radical (unpaired) electrons. The van der Waals surface area contributed by atoms with Crippen molar-refractivity contribution in [2.24, 2.45) is 0 Å². The molecule has 60 heavy (non-hydrogen) atoms. The van der Waals surface area contributed by atoms with Gasteiger partial charge in [-0.3, -0.25) is 19.6 Å². The van der Waals surface area contributed by atoms with Crippen LogP contribution in [0, 0.1) is 37.5 Å². The molecule has 0 fully saturated rings. The van der Waals surface area contributed by atoms with Gasteiger partial charge in [0.15, 0.2) is 0 Å². The zero-order valence-corrected chi connectivity index (χ0v) is 35.2. The lowest BCUT2D eigenvalue weighted by Gasteiger charge is -2.07. The summed E-state index contributed by atoms with van der Waals surface area (Å²) >= 11 is 0. The Morgan fingerprint density at radius 3 is 1.03 bits per heavy atom. The van der Waals surface area contributed by atoms with Gasteiger partial charge in [0, 0.05) is 58.9 Å². The average molecular weight is 811 g/mol. The Morgan fingerprint density at radius 1 is 0.417 bits per heavy atom. The molecule has 0 atom stereocenters. The molecule has 0 aliphatic rings. The fourth-order valence-electron chi connectivity index (χ4n) is 6.68. The first kappa shape index (κ1) is 44.8. The van der Waals surface area contributed by atoms with Gasteiger partial charge in [-0.2, -0.15) is 0 Å². The highest BCUT2D eigenvalue weighted by atomic mass is 16.5. The number of hydrogen-bond donors (Lipinski definition) is 2. The van der Waals surface area contributed by atoms with Crippen LogP contribution in [-0.4, -0.2) is 32.3 Å². The minimum absolute atomic E-state index is 0.311. The summed E-state index contributed by atoms with van der Waals surface area (Å²) < 4.78 is 15.1. The molecule has 0 amide bonds. The molecule has 2 aromatic heterocycles. The zero-order valence-electron chi connectivity index (χ0n) is 35.2. The van der Waals surface area contributed by atoms with Crippen molar-refractivity contribution in [2.45, 2.75) is 117 Å². The Labute approximate surface area is 353 Å². The highest BCUT2D eigenvalue weighted by Gasteiger charge is 2.03. The van der Waals surface area contributed by atoms with Gasteiger partial charge in [0.2, 0.25) is 0 Å². The molecule has 10 nitrogen and oxygen atoms in total. The van der Waals surface area contributed by atoms with Crippen LogP contribution >= 0.6 is 0 Å². The molecule has 5 rings (SSSR count). The Balaban J connectivity index is 0.888. The Hall–Kier alpha value is -6.26. The van der Waals surface area contributed by atoms with Gasteiger partial charge in [0.1, 0.15) is 11.5 Å². The van der Waals surface area contributed by atoms with Crippen molar-refractivity contribution in [3.8, 4) is 35.2 Å². The molecule has 0 bridgehead atoms. The van der Waals surface area contributed by atoms with Crippen LogP contribution in [0.3, 0.4) is 0 Å². The Morgan fingerprint density at radius 2 is 0.700 bits per heavy atom. The number of rotatable bonds is 22. The second-order valence-electron chi connectivity index (χ2n) is 15.3. The molecule has 0 spiro atoms. The molecule has 3 aromatic carbocycles. The molecular formula is C50H58N4O6. The summed E-state index contributed by atoms with van der Waals surface area (Å²) in [5.41, 5.74) is 3.55. The molecular weight excluding hydrogens is 753 g/mol. The molecule has 0 saturated heterocycles. The van der Waals surface area contributed by atoms with E-state index < -0.39 is 0 Å². The summed E-state index contributed by atoms with van der Waals surface area (Å²) in [6.07, 6.45) is 18.4. The fraction of sp³-hybridized carbons (Fsp3) is 0.400. The van der Waals surface area contributed by atoms with E-state index >= 15 is 0 Å². The van der Waals surface area contributed by atoms with Crippen molar-refractivity contribution in [1.82, 2.24) is 19.1 Å². The maximum atomic E-state index is 11.9. The largest absolute Gasteiger partial charge is 0.494 e. The molecule has 2 N–H and O–H groups in total. The van der Waals surface area contributed by atoms with Crippen LogP contribution in [-0.2, 0) is 13.1 Å². The van der Waals surface area contributed by atoms with Crippen LogP contribution in [0.4, 0.5) is 0 Å². The third-order valence-electron chi connectivity index (χ3n) is 10.3. The summed E-state index contributed by atoms with van der Waals surface area (Å²) in [6, 6.07) is 23.8. The molecule has 0 aliphatic heterocycles. The van der Waals surface area contributed by atoms with E-state index in [-0.39, 0.29) is 22.5 Å². The van der Waals surface area contributed by atoms with E-state index in [0.717, 1.165) is 124 Å². The number of unbranched alkanes of at least 4 members (excludes halogenated alkanes) is 12. The normalized spacial score (nSPS) is 10.7. The first-order chi connectivity index (χ1) is 29.2. The lowest BCUT2D eigenvalue weighted by molar-refractivity contribution is 0.304. The predicted molar refractivity (Wildman–Crippen MR) is 239 cm³/mol. The van der Waals surface area contributed by atoms with Crippen LogP contribution in [0.25, 0.3) is 0 Å². The van der Waals surface area contributed by atoms with Gasteiger partial charge in [-0.1, -0.05) is 87.9 Å². The van der Waals surface area contributed by atoms with E-state index in [1.54, 1.807) is 35.4 Å². The van der Waals surface area contributed by atoms with E-state index in [4.69, 9.17) is 9.47 Å². The number of hydrogen-bond acceptors (Lipinski definition) is 6. The summed E-state index contributed by atoms with van der Waals surface area (Å²) in [5, 5.41) is 0. The number of aromatic amines is 2. The Bertz CT molecular complexity index is 2280. The maximum Gasteiger partial charge on any atom is 0.328 e. The molecule has 0 unspecified atom stereocenters. The SMILES string of the molecule is Cc1cn(CCCCCCCCCOc2ccc(C#Cc3ccc(C#Cc4ccc(OCCCCCCCCCn5cc(C)c(=O)[nH]c5=O)cc4)cc3)cc2)c(=O)[nH]c1=O. The van der Waals surface area contributed by atoms with Crippen molar-refractivity contribution >= 4 is 0 Å². The number of ether oxygens (including phenoxy) is 2. The third-order valence-corrected chi connectivity index (χ3v) is 10.3. The number of aryl methyl sites for hydroxylation is 4. The predicted octanol–water partition coefficient (Wildman–Crippen LogP) is 8.42. The monoisotopic (exact) mass is 810 g/mol. The zero-order chi connectivity index (χ0) is 42.4. The van der Waals surface area contributed by atoms with Gasteiger partial charge in [-0.25, -0.2) is 9.59 Å². The maximum absolute atomic E-state index is 11.9. The van der Waals surface area contributed by atoms with Crippen LogP contribution in [0.5, 0.6) is 11.5 Å². The van der Waals surface area contributed by atoms with Crippen molar-refractivity contribution < 1.29 is 9.47 Å². The van der Waals surface area contributed by atoms with Crippen LogP contribution in [0.2, 0.25) is 0 Å². The van der Waals surface area contributed by atoms with Gasteiger partial charge in [0.05, 0.1) is 13.2 Å². The second kappa shape index (κ2) is 24.6. The van der Waals surface area contributed by atoms with E-state index in [1.807, 2.05) is 72.8 Å². The summed E-state index contributed by atoms with van der Waals surface area (Å²) in [4.78, 5) is 51.5. The standard InChI is InChI=1S/C50H58N4O6/c1-39-37-53(49(57)51-47(39)55)33-13-9-5-3-7-11-15-35-59-45-29-25-43(26-30-45)23-21-41-17-19-42(20-18-41)22-24-44-27-31-46(32-28-44)60-36-16-12-8-4-6-10-14-34-54-38-40(2)48(56)52-50(54)58/h17-20,25-32,37-38H,3-16,33-36H2,1-2H3,(H,51,55,57)(H,52,56,58). The highest BCUT2D eigenvalue weighted by Crippen LogP contribution is 2.16. The van der Waals surface area contributed by atoms with Gasteiger partial charge in [0.25, 0.3) is 11.1 Å². The number of H-pyrrole nitrogens is 2. The lowest BCUT2D eigenvalue weighted by atomic mass is 10.1. The Kier molecular flexibility index (Phi) is 18.4.